The second-order valence-corrected chi connectivity index (χ2v) is 4.63. The fourth-order valence-corrected chi connectivity index (χ4v) is 1.30. The molecule has 11 nitrogen and oxygen atoms in total. The van der Waals surface area contributed by atoms with Crippen molar-refractivity contribution in [3.8, 4) is 0 Å². The first-order valence-electron chi connectivity index (χ1n) is 4.54. The Morgan fingerprint density at radius 3 is 2.33 bits per heavy atom. The number of hydrogen-bond acceptors (Lipinski definition) is 9. The van der Waals surface area contributed by atoms with Crippen LogP contribution in [0.15, 0.2) is 0 Å². The lowest BCUT2D eigenvalue weighted by Gasteiger charge is -2.24. The van der Waals surface area contributed by atoms with E-state index < -0.39 is 39.3 Å². The maximum atomic E-state index is 10.7. The van der Waals surface area contributed by atoms with Crippen LogP contribution in [0.1, 0.15) is 0 Å². The zero-order valence-electron chi connectivity index (χ0n) is 9.06. The molecule has 1 unspecified atom stereocenters. The first-order valence-corrected chi connectivity index (χ1v) is 6.04. The summed E-state index contributed by atoms with van der Waals surface area (Å²) < 4.78 is 18.4. The molecule has 12 heteroatoms. The number of aliphatic hydroxyl groups excluding tert-OH is 3. The van der Waals surface area contributed by atoms with Crippen molar-refractivity contribution in [1.82, 2.24) is 5.06 Å². The van der Waals surface area contributed by atoms with E-state index >= 15 is 0 Å². The number of carbonyl (C=O) groups is 1. The number of carbonyl (C=O) groups excluding carboxylic acids is 1. The smallest absolute Gasteiger partial charge is 0.388 e. The van der Waals surface area contributed by atoms with Crippen LogP contribution < -0.4 is 5.90 Å². The lowest BCUT2D eigenvalue weighted by molar-refractivity contribution is -0.164. The molecule has 0 aromatic heterocycles. The molecule has 1 amide bonds. The fraction of sp³-hybridized carbons (Fsp3) is 0.833. The van der Waals surface area contributed by atoms with Gasteiger partial charge in [-0.2, -0.15) is 0 Å². The Morgan fingerprint density at radius 1 is 1.33 bits per heavy atom. The molecule has 0 aromatic carbocycles. The van der Waals surface area contributed by atoms with Crippen LogP contribution in [0.4, 0.5) is 0 Å². The molecule has 0 saturated heterocycles. The van der Waals surface area contributed by atoms with Crippen LogP contribution in [0.2, 0.25) is 0 Å². The average molecular weight is 290 g/mol. The molecule has 0 saturated carbocycles. The molecular formula is C6H15N2O9P. The van der Waals surface area contributed by atoms with Gasteiger partial charge in [-0.25, -0.2) is 20.1 Å². The van der Waals surface area contributed by atoms with Crippen molar-refractivity contribution in [2.24, 2.45) is 5.90 Å². The second-order valence-electron chi connectivity index (χ2n) is 3.22. The van der Waals surface area contributed by atoms with E-state index in [1.54, 1.807) is 0 Å². The van der Waals surface area contributed by atoms with Gasteiger partial charge >= 0.3 is 7.82 Å². The van der Waals surface area contributed by atoms with Crippen molar-refractivity contribution < 1.29 is 43.9 Å². The molecule has 4 atom stereocenters. The highest BCUT2D eigenvalue weighted by Crippen LogP contribution is 2.40. The molecule has 7 N–H and O–H groups in total. The van der Waals surface area contributed by atoms with Gasteiger partial charge in [0.25, 0.3) is 0 Å². The van der Waals surface area contributed by atoms with E-state index in [0.29, 0.717) is 0 Å². The van der Waals surface area contributed by atoms with E-state index in [2.05, 4.69) is 15.0 Å². The summed E-state index contributed by atoms with van der Waals surface area (Å²) in [7, 11) is -4.52. The van der Waals surface area contributed by atoms with Crippen LogP contribution in [-0.4, -0.2) is 68.4 Å². The van der Waals surface area contributed by atoms with Crippen molar-refractivity contribution in [2.45, 2.75) is 18.3 Å². The Balaban J connectivity index is 4.20. The van der Waals surface area contributed by atoms with E-state index in [-0.39, 0.29) is 11.5 Å². The standard InChI is InChI=1S/C6H15N2O9P/c7-17-18(14,15)16-2-5(11)6(12)4(10)1-8(13)3-9/h3-6,10-13H,1-2,7H2,(H,14,15)/t4-,5+,6-/m0/s1. The van der Waals surface area contributed by atoms with E-state index in [9.17, 15) is 24.7 Å². The van der Waals surface area contributed by atoms with E-state index in [4.69, 9.17) is 10.1 Å². The molecule has 18 heavy (non-hydrogen) atoms. The largest absolute Gasteiger partial charge is 0.488 e. The van der Waals surface area contributed by atoms with Crippen LogP contribution in [-0.2, 0) is 18.5 Å². The Hall–Kier alpha value is -0.620. The molecule has 0 aliphatic rings. The molecule has 0 radical (unpaired) electrons. The predicted octanol–water partition coefficient (Wildman–Crippen LogP) is -3.08. The molecule has 0 bridgehead atoms. The van der Waals surface area contributed by atoms with E-state index in [1.807, 2.05) is 0 Å². The number of rotatable bonds is 9. The molecule has 0 rings (SSSR count). The number of nitrogens with two attached hydrogens (primary N) is 1. The number of amides is 1. The van der Waals surface area contributed by atoms with Crippen molar-refractivity contribution in [1.29, 1.82) is 0 Å². The first kappa shape index (κ1) is 17.4. The Morgan fingerprint density at radius 2 is 1.89 bits per heavy atom. The third-order valence-corrected chi connectivity index (χ3v) is 2.57. The molecule has 0 fully saturated rings. The van der Waals surface area contributed by atoms with Gasteiger partial charge < -0.3 is 20.2 Å². The normalized spacial score (nSPS) is 19.7. The molecule has 0 aliphatic carbocycles. The molecule has 0 aliphatic heterocycles. The number of nitrogens with zero attached hydrogens (tertiary/aromatic N) is 1. The third kappa shape index (κ3) is 6.35. The number of phosphoric ester groups is 1. The summed E-state index contributed by atoms with van der Waals surface area (Å²) in [6, 6.07) is 0. The molecule has 0 aromatic rings. The first-order chi connectivity index (χ1) is 8.23. The van der Waals surface area contributed by atoms with Crippen LogP contribution in [0.3, 0.4) is 0 Å². The number of aliphatic hydroxyl groups is 3. The molecule has 0 heterocycles. The summed E-state index contributed by atoms with van der Waals surface area (Å²) in [5.41, 5.74) is 0. The minimum absolute atomic E-state index is 0.0248. The lowest BCUT2D eigenvalue weighted by Crippen LogP contribution is -2.45. The topological polar surface area (TPSA) is 183 Å². The van der Waals surface area contributed by atoms with Crippen molar-refractivity contribution >= 4 is 14.2 Å². The van der Waals surface area contributed by atoms with Crippen LogP contribution in [0.5, 0.6) is 0 Å². The van der Waals surface area contributed by atoms with Gasteiger partial charge in [0.1, 0.15) is 18.3 Å². The summed E-state index contributed by atoms with van der Waals surface area (Å²) >= 11 is 0. The minimum Gasteiger partial charge on any atom is -0.388 e. The van der Waals surface area contributed by atoms with Gasteiger partial charge in [-0.1, -0.05) is 0 Å². The Bertz CT molecular complexity index is 303. The van der Waals surface area contributed by atoms with E-state index in [1.165, 1.54) is 0 Å². The monoisotopic (exact) mass is 290 g/mol. The van der Waals surface area contributed by atoms with Gasteiger partial charge in [-0.15, -0.1) is 0 Å². The third-order valence-electron chi connectivity index (χ3n) is 1.83. The number of hydrogen-bond donors (Lipinski definition) is 6. The van der Waals surface area contributed by atoms with Crippen molar-refractivity contribution in [2.75, 3.05) is 13.2 Å². The second kappa shape index (κ2) is 7.74. The van der Waals surface area contributed by atoms with Gasteiger partial charge in [0, 0.05) is 0 Å². The molecule has 0 spiro atoms. The molecular weight excluding hydrogens is 275 g/mol. The summed E-state index contributed by atoms with van der Waals surface area (Å²) in [5, 5.41) is 36.6. The summed E-state index contributed by atoms with van der Waals surface area (Å²) in [6.07, 6.45) is -5.33. The highest BCUT2D eigenvalue weighted by Gasteiger charge is 2.29. The van der Waals surface area contributed by atoms with Gasteiger partial charge in [-0.3, -0.25) is 14.5 Å². The maximum Gasteiger partial charge on any atom is 0.488 e. The predicted molar refractivity (Wildman–Crippen MR) is 53.6 cm³/mol. The maximum absolute atomic E-state index is 10.7. The zero-order valence-corrected chi connectivity index (χ0v) is 9.96. The van der Waals surface area contributed by atoms with Crippen LogP contribution in [0, 0.1) is 0 Å². The van der Waals surface area contributed by atoms with Gasteiger partial charge in [0.15, 0.2) is 0 Å². The Kier molecular flexibility index (Phi) is 7.47. The lowest BCUT2D eigenvalue weighted by atomic mass is 10.1. The van der Waals surface area contributed by atoms with E-state index in [0.717, 1.165) is 0 Å². The van der Waals surface area contributed by atoms with Gasteiger partial charge in [-0.05, 0) is 0 Å². The van der Waals surface area contributed by atoms with Crippen LogP contribution >= 0.6 is 7.82 Å². The van der Waals surface area contributed by atoms with Crippen molar-refractivity contribution in [3.63, 3.8) is 0 Å². The summed E-state index contributed by atoms with van der Waals surface area (Å²) in [5.74, 6) is 4.40. The summed E-state index contributed by atoms with van der Waals surface area (Å²) in [4.78, 5) is 18.7. The van der Waals surface area contributed by atoms with Crippen LogP contribution in [0.25, 0.3) is 0 Å². The SMILES string of the molecule is NOP(=O)(O)OC[C@@H](O)[C@@H](O)[C@@H](O)CN(O)C=O. The Labute approximate surface area is 101 Å². The van der Waals surface area contributed by atoms with Crippen molar-refractivity contribution in [3.05, 3.63) is 0 Å². The van der Waals surface area contributed by atoms with Gasteiger partial charge in [0.05, 0.1) is 13.2 Å². The van der Waals surface area contributed by atoms with Gasteiger partial charge in [0.2, 0.25) is 6.41 Å². The average Bonchev–Trinajstić information content (AvgIpc) is 2.34. The summed E-state index contributed by atoms with van der Waals surface area (Å²) in [6.45, 7) is -1.54. The fourth-order valence-electron chi connectivity index (χ4n) is 0.899. The number of phosphoric acid groups is 1. The number of hydroxylamine groups is 2. The minimum atomic E-state index is -4.52. The molecule has 108 valence electrons. The quantitative estimate of drug-likeness (QED) is 0.110. The zero-order chi connectivity index (χ0) is 14.3. The highest BCUT2D eigenvalue weighted by atomic mass is 31.2. The highest BCUT2D eigenvalue weighted by molar-refractivity contribution is 7.47.